The third-order valence-corrected chi connectivity index (χ3v) is 5.13. The van der Waals surface area contributed by atoms with Gasteiger partial charge in [-0.25, -0.2) is 0 Å². The van der Waals surface area contributed by atoms with Gasteiger partial charge >= 0.3 is 0 Å². The predicted molar refractivity (Wildman–Crippen MR) is 111 cm³/mol. The van der Waals surface area contributed by atoms with Crippen molar-refractivity contribution in [1.82, 2.24) is 14.8 Å². The molecule has 1 fully saturated rings. The van der Waals surface area contributed by atoms with Crippen LogP contribution in [-0.4, -0.2) is 71.0 Å². The van der Waals surface area contributed by atoms with Crippen LogP contribution in [0.3, 0.4) is 0 Å². The molecule has 3 rings (SSSR count). The molecule has 1 aliphatic rings. The Morgan fingerprint density at radius 3 is 2.63 bits per heavy atom. The lowest BCUT2D eigenvalue weighted by Gasteiger charge is -2.34. The molecule has 1 saturated heterocycles. The maximum absolute atomic E-state index is 13.0. The number of aliphatic hydroxyl groups is 1. The Morgan fingerprint density at radius 1 is 1.19 bits per heavy atom. The summed E-state index contributed by atoms with van der Waals surface area (Å²) in [6, 6.07) is 8.78. The molecule has 0 atom stereocenters. The van der Waals surface area contributed by atoms with Crippen LogP contribution in [0.5, 0.6) is 0 Å². The number of carbonyl (C=O) groups is 2. The van der Waals surface area contributed by atoms with Gasteiger partial charge in [-0.3, -0.25) is 19.5 Å². The first-order valence-electron chi connectivity index (χ1n) is 8.72. The Kier molecular flexibility index (Phi) is 6.75. The number of nitrogens with one attached hydrogen (secondary N) is 1. The van der Waals surface area contributed by atoms with E-state index in [9.17, 15) is 9.59 Å². The summed E-state index contributed by atoms with van der Waals surface area (Å²) in [5, 5.41) is 11.9. The fourth-order valence-corrected chi connectivity index (χ4v) is 3.47. The maximum Gasteiger partial charge on any atom is 0.257 e. The van der Waals surface area contributed by atoms with Crippen molar-refractivity contribution >= 4 is 40.1 Å². The third kappa shape index (κ3) is 5.02. The van der Waals surface area contributed by atoms with Crippen LogP contribution in [0, 0.1) is 3.57 Å². The van der Waals surface area contributed by atoms with Crippen LogP contribution in [0.25, 0.3) is 0 Å². The molecule has 1 aromatic carbocycles. The number of halogens is 1. The van der Waals surface area contributed by atoms with Gasteiger partial charge in [-0.05, 0) is 52.9 Å². The quantitative estimate of drug-likeness (QED) is 0.637. The van der Waals surface area contributed by atoms with Crippen molar-refractivity contribution in [2.45, 2.75) is 0 Å². The van der Waals surface area contributed by atoms with Gasteiger partial charge in [-0.15, -0.1) is 0 Å². The molecule has 1 aliphatic heterocycles. The smallest absolute Gasteiger partial charge is 0.257 e. The van der Waals surface area contributed by atoms with E-state index in [-0.39, 0.29) is 18.4 Å². The Morgan fingerprint density at radius 2 is 1.96 bits per heavy atom. The van der Waals surface area contributed by atoms with Crippen LogP contribution in [0.15, 0.2) is 42.7 Å². The highest BCUT2D eigenvalue weighted by atomic mass is 127. The molecule has 2 heterocycles. The van der Waals surface area contributed by atoms with Crippen molar-refractivity contribution in [3.8, 4) is 0 Å². The molecular weight excluding hydrogens is 459 g/mol. The van der Waals surface area contributed by atoms with Gasteiger partial charge < -0.3 is 15.3 Å². The van der Waals surface area contributed by atoms with Gasteiger partial charge in [-0.2, -0.15) is 0 Å². The first kappa shape index (κ1) is 19.7. The average molecular weight is 480 g/mol. The molecule has 0 aliphatic carbocycles. The summed E-state index contributed by atoms with van der Waals surface area (Å²) < 4.78 is 0.925. The number of aromatic nitrogens is 1. The van der Waals surface area contributed by atoms with Crippen molar-refractivity contribution in [2.75, 3.05) is 44.6 Å². The Hall–Kier alpha value is -2.04. The first-order valence-corrected chi connectivity index (χ1v) is 9.80. The molecule has 2 aromatic rings. The van der Waals surface area contributed by atoms with Gasteiger partial charge in [0.2, 0.25) is 0 Å². The molecule has 7 nitrogen and oxygen atoms in total. The van der Waals surface area contributed by atoms with Gasteiger partial charge in [-0.1, -0.05) is 0 Å². The highest BCUT2D eigenvalue weighted by Crippen LogP contribution is 2.22. The van der Waals surface area contributed by atoms with Gasteiger partial charge in [0.15, 0.2) is 0 Å². The van der Waals surface area contributed by atoms with E-state index >= 15 is 0 Å². The number of rotatable bonds is 5. The summed E-state index contributed by atoms with van der Waals surface area (Å²) in [4.78, 5) is 33.4. The number of amides is 2. The number of aliphatic hydroxyl groups excluding tert-OH is 1. The molecule has 2 amide bonds. The predicted octanol–water partition coefficient (Wildman–Crippen LogP) is 1.69. The van der Waals surface area contributed by atoms with Crippen LogP contribution in [0.2, 0.25) is 0 Å². The molecule has 27 heavy (non-hydrogen) atoms. The number of carbonyl (C=O) groups excluding carboxylic acids is 2. The van der Waals surface area contributed by atoms with Crippen molar-refractivity contribution in [3.63, 3.8) is 0 Å². The van der Waals surface area contributed by atoms with Gasteiger partial charge in [0, 0.05) is 48.7 Å². The SMILES string of the molecule is O=C(Nc1ccc(I)cc1C(=O)N1CCN(CCO)CC1)c1cccnc1. The Labute approximate surface area is 171 Å². The number of piperazine rings is 1. The van der Waals surface area contributed by atoms with E-state index in [1.54, 1.807) is 35.4 Å². The molecule has 0 unspecified atom stereocenters. The minimum atomic E-state index is -0.300. The Bertz CT molecular complexity index is 808. The van der Waals surface area contributed by atoms with Gasteiger partial charge in [0.1, 0.15) is 0 Å². The highest BCUT2D eigenvalue weighted by molar-refractivity contribution is 14.1. The average Bonchev–Trinajstić information content (AvgIpc) is 2.70. The second-order valence-electron chi connectivity index (χ2n) is 6.24. The van der Waals surface area contributed by atoms with E-state index in [0.29, 0.717) is 36.4 Å². The summed E-state index contributed by atoms with van der Waals surface area (Å²) in [7, 11) is 0. The van der Waals surface area contributed by atoms with Crippen LogP contribution >= 0.6 is 22.6 Å². The van der Waals surface area contributed by atoms with Crippen LogP contribution in [0.4, 0.5) is 5.69 Å². The Balaban J connectivity index is 1.76. The normalized spacial score (nSPS) is 14.8. The zero-order valence-corrected chi connectivity index (χ0v) is 16.9. The minimum Gasteiger partial charge on any atom is -0.395 e. The summed E-state index contributed by atoms with van der Waals surface area (Å²) in [5.74, 6) is -0.398. The third-order valence-electron chi connectivity index (χ3n) is 4.46. The molecule has 0 saturated carbocycles. The molecule has 0 spiro atoms. The summed E-state index contributed by atoms with van der Waals surface area (Å²) >= 11 is 2.16. The lowest BCUT2D eigenvalue weighted by atomic mass is 10.1. The van der Waals surface area contributed by atoms with Crippen molar-refractivity contribution < 1.29 is 14.7 Å². The van der Waals surface area contributed by atoms with Crippen LogP contribution < -0.4 is 5.32 Å². The number of β-amino-alcohol motifs (C(OH)–C–C–N with tert-alkyl or cyclic N) is 1. The molecule has 2 N–H and O–H groups in total. The summed E-state index contributed by atoms with van der Waals surface area (Å²) in [6.45, 7) is 3.40. The van der Waals surface area contributed by atoms with E-state index in [2.05, 4.69) is 37.8 Å². The zero-order chi connectivity index (χ0) is 19.2. The summed E-state index contributed by atoms with van der Waals surface area (Å²) in [6.07, 6.45) is 3.09. The zero-order valence-electron chi connectivity index (χ0n) is 14.8. The van der Waals surface area contributed by atoms with Crippen molar-refractivity contribution in [2.24, 2.45) is 0 Å². The number of benzene rings is 1. The van der Waals surface area contributed by atoms with Crippen molar-refractivity contribution in [1.29, 1.82) is 0 Å². The largest absolute Gasteiger partial charge is 0.395 e. The van der Waals surface area contributed by atoms with Gasteiger partial charge in [0.25, 0.3) is 11.8 Å². The van der Waals surface area contributed by atoms with Gasteiger partial charge in [0.05, 0.1) is 23.4 Å². The molecule has 1 aromatic heterocycles. The topological polar surface area (TPSA) is 85.8 Å². The number of hydrogen-bond acceptors (Lipinski definition) is 5. The standard InChI is InChI=1S/C19H21IN4O3/c20-15-3-4-17(22-18(26)14-2-1-5-21-13-14)16(12-15)19(27)24-8-6-23(7-9-24)10-11-25/h1-5,12-13,25H,6-11H2,(H,22,26). The second-order valence-corrected chi connectivity index (χ2v) is 7.49. The number of pyridine rings is 1. The molecule has 8 heteroatoms. The molecular formula is C19H21IN4O3. The van der Waals surface area contributed by atoms with Crippen LogP contribution in [-0.2, 0) is 0 Å². The maximum atomic E-state index is 13.0. The summed E-state index contributed by atoms with van der Waals surface area (Å²) in [5.41, 5.74) is 1.41. The lowest BCUT2D eigenvalue weighted by molar-refractivity contribution is 0.0616. The number of anilines is 1. The molecule has 142 valence electrons. The minimum absolute atomic E-state index is 0.0985. The fraction of sp³-hybridized carbons (Fsp3) is 0.316. The molecule has 0 radical (unpaired) electrons. The monoisotopic (exact) mass is 480 g/mol. The number of nitrogens with zero attached hydrogens (tertiary/aromatic N) is 3. The van der Waals surface area contributed by atoms with E-state index in [0.717, 1.165) is 16.7 Å². The van der Waals surface area contributed by atoms with E-state index < -0.39 is 0 Å². The van der Waals surface area contributed by atoms with Crippen LogP contribution in [0.1, 0.15) is 20.7 Å². The molecule has 0 bridgehead atoms. The fourth-order valence-electron chi connectivity index (χ4n) is 2.98. The van der Waals surface area contributed by atoms with Crippen molar-refractivity contribution in [3.05, 3.63) is 57.4 Å². The first-order chi connectivity index (χ1) is 13.1. The second kappa shape index (κ2) is 9.25. The number of hydrogen-bond donors (Lipinski definition) is 2. The lowest BCUT2D eigenvalue weighted by Crippen LogP contribution is -2.49. The van der Waals surface area contributed by atoms with E-state index in [1.165, 1.54) is 6.20 Å². The van der Waals surface area contributed by atoms with E-state index in [4.69, 9.17) is 5.11 Å². The highest BCUT2D eigenvalue weighted by Gasteiger charge is 2.24. The van der Waals surface area contributed by atoms with E-state index in [1.807, 2.05) is 6.07 Å².